The lowest BCUT2D eigenvalue weighted by Gasteiger charge is -2.41. The maximum atomic E-state index is 13.3. The van der Waals surface area contributed by atoms with Crippen molar-refractivity contribution in [3.63, 3.8) is 0 Å². The summed E-state index contributed by atoms with van der Waals surface area (Å²) in [7, 11) is -1.25. The van der Waals surface area contributed by atoms with Crippen LogP contribution < -0.4 is 10.6 Å². The van der Waals surface area contributed by atoms with Crippen LogP contribution in [0, 0.1) is 11.3 Å². The van der Waals surface area contributed by atoms with Gasteiger partial charge in [-0.05, 0) is 37.4 Å². The molecule has 1 fully saturated rings. The van der Waals surface area contributed by atoms with Crippen molar-refractivity contribution in [1.82, 2.24) is 4.90 Å². The molecule has 0 aromatic heterocycles. The van der Waals surface area contributed by atoms with E-state index in [4.69, 9.17) is 32.1 Å². The lowest BCUT2D eigenvalue weighted by molar-refractivity contribution is -0.186. The van der Waals surface area contributed by atoms with Gasteiger partial charge in [-0.15, -0.1) is 0 Å². The van der Waals surface area contributed by atoms with Crippen LogP contribution in [0.1, 0.15) is 24.8 Å². The molecule has 2 N–H and O–H groups in total. The summed E-state index contributed by atoms with van der Waals surface area (Å²) in [6.07, 6.45) is -2.79. The van der Waals surface area contributed by atoms with Gasteiger partial charge in [-0.3, -0.25) is 4.79 Å². The molecule has 2 rings (SSSR count). The number of carbonyl (C=O) groups is 1. The Morgan fingerprint density at radius 3 is 2.60 bits per heavy atom. The van der Waals surface area contributed by atoms with Gasteiger partial charge in [0, 0.05) is 40.4 Å². The molecule has 7 nitrogen and oxygen atoms in total. The Balaban J connectivity index is 2.07. The summed E-state index contributed by atoms with van der Waals surface area (Å²) in [5.41, 5.74) is 7.22. The van der Waals surface area contributed by atoms with Gasteiger partial charge in [0.2, 0.25) is 0 Å². The maximum Gasteiger partial charge on any atom is 0.471 e. The summed E-state index contributed by atoms with van der Waals surface area (Å²) >= 11 is 6.19. The highest BCUT2D eigenvalue weighted by atomic mass is 35.5. The summed E-state index contributed by atoms with van der Waals surface area (Å²) in [6.45, 7) is 7.25. The molecule has 0 saturated carbocycles. The predicted molar refractivity (Wildman–Crippen MR) is 133 cm³/mol. The van der Waals surface area contributed by atoms with Crippen molar-refractivity contribution in [2.75, 3.05) is 50.3 Å². The number of nitrogen functional groups attached to an aromatic ring is 1. The number of carbonyl (C=O) groups excluding carboxylic acids is 1. The number of hydrogen-bond acceptors (Lipinski definition) is 6. The second-order valence-corrected chi connectivity index (χ2v) is 15.9. The molecule has 1 amide bonds. The largest absolute Gasteiger partial charge is 0.471 e. The molecule has 1 aromatic rings. The number of benzene rings is 1. The van der Waals surface area contributed by atoms with Crippen molar-refractivity contribution in [2.24, 2.45) is 0 Å². The molecule has 1 unspecified atom stereocenters. The van der Waals surface area contributed by atoms with Gasteiger partial charge in [0.15, 0.2) is 0 Å². The van der Waals surface area contributed by atoms with Gasteiger partial charge in [0.05, 0.1) is 28.6 Å². The normalized spacial score (nSPS) is 16.7. The summed E-state index contributed by atoms with van der Waals surface area (Å²) < 4.78 is 50.8. The predicted octanol–water partition coefficient (Wildman–Crippen LogP) is 4.87. The molecule has 12 heteroatoms. The summed E-state index contributed by atoms with van der Waals surface area (Å²) in [6, 6.07) is 5.53. The standard InChI is InChI=1S/C23H34ClF3N4O3Si/c1-35(2,3)11-10-34-16-33-9-8-30(22(32)23(25,26)27)15-18-6-4-5-7-31(18)21-13-19(24)17(14-28)12-20(21)29/h12-13,18H,4-11,15-16,29H2,1-3H3. The smallest absolute Gasteiger partial charge is 0.397 e. The van der Waals surface area contributed by atoms with Crippen molar-refractivity contribution < 1.29 is 27.4 Å². The van der Waals surface area contributed by atoms with E-state index in [9.17, 15) is 18.0 Å². The SMILES string of the molecule is C[Si](C)(C)CCOCOCCN(CC1CCCCN1c1cc(Cl)c(C#N)cc1N)C(=O)C(F)(F)F. The highest BCUT2D eigenvalue weighted by molar-refractivity contribution is 6.76. The monoisotopic (exact) mass is 534 g/mol. The van der Waals surface area contributed by atoms with Gasteiger partial charge in [0.1, 0.15) is 12.9 Å². The topological polar surface area (TPSA) is 91.8 Å². The van der Waals surface area contributed by atoms with Gasteiger partial charge in [0.25, 0.3) is 0 Å². The average molecular weight is 535 g/mol. The van der Waals surface area contributed by atoms with Crippen molar-refractivity contribution >= 4 is 37.0 Å². The Labute approximate surface area is 210 Å². The minimum absolute atomic E-state index is 0.0334. The van der Waals surface area contributed by atoms with Crippen LogP contribution in [0.25, 0.3) is 0 Å². The van der Waals surface area contributed by atoms with Crippen LogP contribution in [0.5, 0.6) is 0 Å². The zero-order valence-electron chi connectivity index (χ0n) is 20.5. The zero-order chi connectivity index (χ0) is 26.2. The maximum absolute atomic E-state index is 13.3. The van der Waals surface area contributed by atoms with Crippen molar-refractivity contribution in [3.05, 3.63) is 22.7 Å². The van der Waals surface area contributed by atoms with Crippen LogP contribution >= 0.6 is 11.6 Å². The van der Waals surface area contributed by atoms with Crippen LogP contribution in [0.4, 0.5) is 24.5 Å². The Kier molecular flexibility index (Phi) is 10.7. The summed E-state index contributed by atoms with van der Waals surface area (Å²) in [5.74, 6) is -1.91. The van der Waals surface area contributed by atoms with E-state index >= 15 is 0 Å². The molecular weight excluding hydrogens is 501 g/mol. The van der Waals surface area contributed by atoms with Gasteiger partial charge in [-0.2, -0.15) is 18.4 Å². The first-order valence-corrected chi connectivity index (χ1v) is 15.7. The van der Waals surface area contributed by atoms with E-state index in [0.717, 1.165) is 23.8 Å². The number of ether oxygens (including phenoxy) is 2. The fourth-order valence-corrected chi connectivity index (χ4v) is 4.82. The van der Waals surface area contributed by atoms with Crippen molar-refractivity contribution in [3.8, 4) is 6.07 Å². The molecule has 0 spiro atoms. The number of anilines is 2. The first-order chi connectivity index (χ1) is 16.3. The molecule has 0 aliphatic carbocycles. The van der Waals surface area contributed by atoms with E-state index in [-0.39, 0.29) is 37.1 Å². The summed E-state index contributed by atoms with van der Waals surface area (Å²) in [5, 5.41) is 9.38. The molecule has 1 aromatic carbocycles. The molecule has 1 saturated heterocycles. The Morgan fingerprint density at radius 1 is 1.29 bits per heavy atom. The minimum Gasteiger partial charge on any atom is -0.397 e. The van der Waals surface area contributed by atoms with Crippen LogP contribution in [0.15, 0.2) is 12.1 Å². The molecule has 35 heavy (non-hydrogen) atoms. The number of piperidine rings is 1. The van der Waals surface area contributed by atoms with Crippen LogP contribution in [0.2, 0.25) is 30.7 Å². The zero-order valence-corrected chi connectivity index (χ0v) is 22.2. The van der Waals surface area contributed by atoms with Crippen molar-refractivity contribution in [1.29, 1.82) is 5.26 Å². The first-order valence-electron chi connectivity index (χ1n) is 11.6. The number of nitriles is 1. The highest BCUT2D eigenvalue weighted by Crippen LogP contribution is 2.34. The van der Waals surface area contributed by atoms with Crippen LogP contribution in [-0.4, -0.2) is 70.7 Å². The van der Waals surface area contributed by atoms with E-state index in [1.807, 2.05) is 11.0 Å². The fraction of sp³-hybridized carbons (Fsp3) is 0.652. The van der Waals surface area contributed by atoms with Crippen LogP contribution in [-0.2, 0) is 14.3 Å². The number of amides is 1. The number of nitrogens with zero attached hydrogens (tertiary/aromatic N) is 3. The molecule has 0 radical (unpaired) electrons. The Bertz CT molecular complexity index is 906. The quantitative estimate of drug-likeness (QED) is 0.188. The van der Waals surface area contributed by atoms with Crippen molar-refractivity contribution in [2.45, 2.75) is 57.2 Å². The molecule has 1 atom stereocenters. The molecule has 0 bridgehead atoms. The molecular formula is C23H34ClF3N4O3Si. The van der Waals surface area contributed by atoms with E-state index in [1.165, 1.54) is 6.07 Å². The molecule has 1 heterocycles. The van der Waals surface area contributed by atoms with E-state index in [1.54, 1.807) is 6.07 Å². The second kappa shape index (κ2) is 12.8. The molecule has 1 aliphatic heterocycles. The molecule has 1 aliphatic rings. The highest BCUT2D eigenvalue weighted by Gasteiger charge is 2.43. The lowest BCUT2D eigenvalue weighted by Crippen LogP contribution is -2.52. The molecule has 196 valence electrons. The fourth-order valence-electron chi connectivity index (χ4n) is 3.86. The third-order valence-electron chi connectivity index (χ3n) is 5.80. The number of rotatable bonds is 11. The summed E-state index contributed by atoms with van der Waals surface area (Å²) in [4.78, 5) is 14.8. The Morgan fingerprint density at radius 2 is 1.97 bits per heavy atom. The number of hydrogen-bond donors (Lipinski definition) is 1. The van der Waals surface area contributed by atoms with Gasteiger partial charge in [-0.1, -0.05) is 31.2 Å². The van der Waals surface area contributed by atoms with E-state index < -0.39 is 26.2 Å². The lowest BCUT2D eigenvalue weighted by atomic mass is 9.99. The first kappa shape index (κ1) is 29.2. The number of alkyl halides is 3. The second-order valence-electron chi connectivity index (χ2n) is 9.84. The van der Waals surface area contributed by atoms with Gasteiger partial charge in [-0.25, -0.2) is 0 Å². The number of halogens is 4. The minimum atomic E-state index is -5.00. The van der Waals surface area contributed by atoms with E-state index in [0.29, 0.717) is 30.9 Å². The Hall–Kier alpha value is -2.00. The third-order valence-corrected chi connectivity index (χ3v) is 7.82. The van der Waals surface area contributed by atoms with E-state index in [2.05, 4.69) is 19.6 Å². The number of nitrogens with two attached hydrogens (primary N) is 1. The average Bonchev–Trinajstić information content (AvgIpc) is 2.77. The van der Waals surface area contributed by atoms with Crippen LogP contribution in [0.3, 0.4) is 0 Å². The van der Waals surface area contributed by atoms with Gasteiger partial charge >= 0.3 is 12.1 Å². The third kappa shape index (κ3) is 9.18. The van der Waals surface area contributed by atoms with Gasteiger partial charge < -0.3 is 25.0 Å².